The molecule has 0 fully saturated rings. The van der Waals surface area contributed by atoms with Crippen molar-refractivity contribution in [2.45, 2.75) is 59.4 Å². The molecule has 0 saturated carbocycles. The molecule has 0 aliphatic heterocycles. The molecule has 22 heavy (non-hydrogen) atoms. The zero-order valence-corrected chi connectivity index (χ0v) is 15.6. The van der Waals surface area contributed by atoms with E-state index < -0.39 is 10.0 Å². The van der Waals surface area contributed by atoms with Gasteiger partial charge in [0.2, 0.25) is 10.0 Å². The normalized spacial score (nSPS) is 15.2. The predicted molar refractivity (Wildman–Crippen MR) is 93.3 cm³/mol. The maximum atomic E-state index is 12.6. The SMILES string of the molecule is Cc1ccc(S(=O)(=O)NC(/C=C/C(C)(C)C)C(C)(C)C)cc1. The third-order valence-electron chi connectivity index (χ3n) is 3.34. The molecule has 1 N–H and O–H groups in total. The Balaban J connectivity index is 3.08. The number of benzene rings is 1. The van der Waals surface area contributed by atoms with Crippen molar-refractivity contribution in [3.05, 3.63) is 42.0 Å². The Labute approximate surface area is 135 Å². The topological polar surface area (TPSA) is 46.2 Å². The maximum Gasteiger partial charge on any atom is 0.241 e. The quantitative estimate of drug-likeness (QED) is 0.840. The van der Waals surface area contributed by atoms with Crippen LogP contribution in [0.5, 0.6) is 0 Å². The van der Waals surface area contributed by atoms with Gasteiger partial charge in [-0.15, -0.1) is 0 Å². The summed E-state index contributed by atoms with van der Waals surface area (Å²) < 4.78 is 28.0. The van der Waals surface area contributed by atoms with Crippen molar-refractivity contribution in [2.24, 2.45) is 10.8 Å². The largest absolute Gasteiger partial charge is 0.241 e. The summed E-state index contributed by atoms with van der Waals surface area (Å²) in [4.78, 5) is 0.302. The van der Waals surface area contributed by atoms with Gasteiger partial charge in [0.05, 0.1) is 4.90 Å². The first kappa shape index (κ1) is 18.9. The van der Waals surface area contributed by atoms with Gasteiger partial charge in [0.15, 0.2) is 0 Å². The van der Waals surface area contributed by atoms with Gasteiger partial charge in [-0.1, -0.05) is 71.4 Å². The molecule has 124 valence electrons. The molecule has 1 aromatic rings. The molecule has 1 unspecified atom stereocenters. The van der Waals surface area contributed by atoms with Crippen molar-refractivity contribution in [1.82, 2.24) is 4.72 Å². The Bertz CT molecular complexity index is 615. The molecule has 1 rings (SSSR count). The molecular formula is C18H29NO2S. The van der Waals surface area contributed by atoms with Gasteiger partial charge in [0, 0.05) is 6.04 Å². The monoisotopic (exact) mass is 323 g/mol. The summed E-state index contributed by atoms with van der Waals surface area (Å²) >= 11 is 0. The van der Waals surface area contributed by atoms with Gasteiger partial charge in [0.25, 0.3) is 0 Å². The second-order valence-corrected chi connectivity index (χ2v) is 9.72. The lowest BCUT2D eigenvalue weighted by Crippen LogP contribution is -2.42. The summed E-state index contributed by atoms with van der Waals surface area (Å²) in [6, 6.07) is 6.64. The molecule has 0 radical (unpaired) electrons. The van der Waals surface area contributed by atoms with Crippen molar-refractivity contribution in [1.29, 1.82) is 0 Å². The molecule has 3 nitrogen and oxygen atoms in total. The summed E-state index contributed by atoms with van der Waals surface area (Å²) in [6.45, 7) is 14.3. The van der Waals surface area contributed by atoms with Crippen molar-refractivity contribution in [3.63, 3.8) is 0 Å². The Kier molecular flexibility index (Phi) is 5.63. The fourth-order valence-corrected chi connectivity index (χ4v) is 3.24. The molecule has 4 heteroatoms. The van der Waals surface area contributed by atoms with Crippen LogP contribution in [0.3, 0.4) is 0 Å². The summed E-state index contributed by atoms with van der Waals surface area (Å²) in [7, 11) is -3.53. The number of aryl methyl sites for hydroxylation is 1. The molecule has 0 aliphatic rings. The molecule has 0 spiro atoms. The van der Waals surface area contributed by atoms with E-state index in [1.165, 1.54) is 0 Å². The lowest BCUT2D eigenvalue weighted by molar-refractivity contribution is 0.341. The van der Waals surface area contributed by atoms with Crippen LogP contribution in [0.15, 0.2) is 41.3 Å². The van der Waals surface area contributed by atoms with Crippen molar-refractivity contribution < 1.29 is 8.42 Å². The molecular weight excluding hydrogens is 294 g/mol. The summed E-state index contributed by atoms with van der Waals surface area (Å²) in [5.74, 6) is 0. The van der Waals surface area contributed by atoms with Gasteiger partial charge in [0.1, 0.15) is 0 Å². The minimum absolute atomic E-state index is 0.0127. The third-order valence-corrected chi connectivity index (χ3v) is 4.79. The van der Waals surface area contributed by atoms with Crippen LogP contribution in [0.1, 0.15) is 47.1 Å². The number of allylic oxidation sites excluding steroid dienone is 1. The van der Waals surface area contributed by atoms with E-state index in [0.29, 0.717) is 4.90 Å². The van der Waals surface area contributed by atoms with Crippen molar-refractivity contribution in [2.75, 3.05) is 0 Å². The van der Waals surface area contributed by atoms with E-state index in [9.17, 15) is 8.42 Å². The second-order valence-electron chi connectivity index (χ2n) is 8.00. The van der Waals surface area contributed by atoms with Crippen molar-refractivity contribution >= 4 is 10.0 Å². The summed E-state index contributed by atoms with van der Waals surface area (Å²) in [5.41, 5.74) is 0.845. The fraction of sp³-hybridized carbons (Fsp3) is 0.556. The van der Waals surface area contributed by atoms with E-state index in [-0.39, 0.29) is 16.9 Å². The number of nitrogens with one attached hydrogen (secondary N) is 1. The minimum Gasteiger partial charge on any atom is -0.207 e. The van der Waals surface area contributed by atoms with E-state index in [1.807, 2.05) is 45.9 Å². The molecule has 0 heterocycles. The maximum absolute atomic E-state index is 12.6. The average Bonchev–Trinajstić information content (AvgIpc) is 2.32. The molecule has 0 saturated heterocycles. The van der Waals surface area contributed by atoms with Gasteiger partial charge in [-0.2, -0.15) is 0 Å². The number of sulfonamides is 1. The lowest BCUT2D eigenvalue weighted by atomic mass is 9.85. The lowest BCUT2D eigenvalue weighted by Gasteiger charge is -2.29. The zero-order valence-electron chi connectivity index (χ0n) is 14.8. The summed E-state index contributed by atoms with van der Waals surface area (Å²) in [6.07, 6.45) is 4.02. The van der Waals surface area contributed by atoms with E-state index in [2.05, 4.69) is 31.6 Å². The highest BCUT2D eigenvalue weighted by Crippen LogP contribution is 2.25. The van der Waals surface area contributed by atoms with Gasteiger partial charge >= 0.3 is 0 Å². The number of hydrogen-bond donors (Lipinski definition) is 1. The highest BCUT2D eigenvalue weighted by atomic mass is 32.2. The summed E-state index contributed by atoms with van der Waals surface area (Å²) in [5, 5.41) is 0. The Morgan fingerprint density at radius 2 is 1.50 bits per heavy atom. The van der Waals surface area contributed by atoms with E-state index in [0.717, 1.165) is 5.56 Å². The zero-order chi connectivity index (χ0) is 17.2. The molecule has 0 amide bonds. The van der Waals surface area contributed by atoms with Crippen LogP contribution in [0, 0.1) is 17.8 Å². The van der Waals surface area contributed by atoms with Gasteiger partial charge in [-0.05, 0) is 29.9 Å². The molecule has 0 aliphatic carbocycles. The minimum atomic E-state index is -3.53. The Morgan fingerprint density at radius 1 is 1.00 bits per heavy atom. The van der Waals surface area contributed by atoms with Gasteiger partial charge < -0.3 is 0 Å². The smallest absolute Gasteiger partial charge is 0.207 e. The van der Waals surface area contributed by atoms with E-state index >= 15 is 0 Å². The highest BCUT2D eigenvalue weighted by molar-refractivity contribution is 7.89. The molecule has 0 bridgehead atoms. The van der Waals surface area contributed by atoms with Gasteiger partial charge in [-0.25, -0.2) is 13.1 Å². The first-order valence-corrected chi connectivity index (χ1v) is 9.08. The highest BCUT2D eigenvalue weighted by Gasteiger charge is 2.28. The molecule has 1 aromatic carbocycles. The average molecular weight is 324 g/mol. The second kappa shape index (κ2) is 6.55. The van der Waals surface area contributed by atoms with Gasteiger partial charge in [-0.3, -0.25) is 0 Å². The fourth-order valence-electron chi connectivity index (χ4n) is 1.84. The van der Waals surface area contributed by atoms with Crippen LogP contribution in [-0.4, -0.2) is 14.5 Å². The van der Waals surface area contributed by atoms with Crippen molar-refractivity contribution in [3.8, 4) is 0 Å². The number of hydrogen-bond acceptors (Lipinski definition) is 2. The Hall–Kier alpha value is -1.13. The first-order chi connectivity index (χ1) is 9.81. The van der Waals surface area contributed by atoms with E-state index in [1.54, 1.807) is 12.1 Å². The van der Waals surface area contributed by atoms with Crippen LogP contribution in [-0.2, 0) is 10.0 Å². The third kappa shape index (κ3) is 5.93. The van der Waals surface area contributed by atoms with Crippen LogP contribution in [0.2, 0.25) is 0 Å². The van der Waals surface area contributed by atoms with Crippen LogP contribution < -0.4 is 4.72 Å². The number of rotatable bonds is 4. The first-order valence-electron chi connectivity index (χ1n) is 7.60. The van der Waals surface area contributed by atoms with Crippen LogP contribution >= 0.6 is 0 Å². The van der Waals surface area contributed by atoms with Crippen LogP contribution in [0.25, 0.3) is 0 Å². The van der Waals surface area contributed by atoms with E-state index in [4.69, 9.17) is 0 Å². The standard InChI is InChI=1S/C18H29NO2S/c1-14-8-10-15(11-9-14)22(20,21)19-16(18(5,6)7)12-13-17(2,3)4/h8-13,16,19H,1-7H3/b13-12+. The molecule has 1 atom stereocenters. The van der Waals surface area contributed by atoms with Crippen LogP contribution in [0.4, 0.5) is 0 Å². The Morgan fingerprint density at radius 3 is 1.91 bits per heavy atom. The predicted octanol–water partition coefficient (Wildman–Crippen LogP) is 4.29. The molecule has 0 aromatic heterocycles.